The van der Waals surface area contributed by atoms with Gasteiger partial charge in [0.25, 0.3) is 10.0 Å². The Balaban J connectivity index is 1.70. The molecule has 0 aliphatic carbocycles. The summed E-state index contributed by atoms with van der Waals surface area (Å²) in [6.45, 7) is 3.12. The van der Waals surface area contributed by atoms with E-state index in [1.807, 2.05) is 12.1 Å². The summed E-state index contributed by atoms with van der Waals surface area (Å²) >= 11 is 0. The summed E-state index contributed by atoms with van der Waals surface area (Å²) in [5.74, 6) is -0.0807. The fourth-order valence-corrected chi connectivity index (χ4v) is 4.45. The van der Waals surface area contributed by atoms with Crippen molar-refractivity contribution in [3.63, 3.8) is 0 Å². The van der Waals surface area contributed by atoms with Gasteiger partial charge in [-0.15, -0.1) is 0 Å². The number of halogens is 1. The number of aryl methyl sites for hydroxylation is 2. The number of benzene rings is 2. The minimum absolute atomic E-state index is 0.0361. The van der Waals surface area contributed by atoms with Gasteiger partial charge in [0.2, 0.25) is 0 Å². The fraction of sp³-hybridized carbons (Fsp3) is 0.105. The maximum Gasteiger partial charge on any atom is 0.267 e. The lowest BCUT2D eigenvalue weighted by atomic mass is 10.1. The fourth-order valence-electron chi connectivity index (χ4n) is 3.07. The Morgan fingerprint density at radius 3 is 2.67 bits per heavy atom. The SMILES string of the molecule is Cc1noc(C)c1S(=O)(=O)Nc1cccc(-c2cc3cc(F)ccc3[nH]2)c1. The second-order valence-electron chi connectivity index (χ2n) is 6.25. The Hall–Kier alpha value is -3.13. The van der Waals surface area contributed by atoms with Crippen molar-refractivity contribution in [2.75, 3.05) is 4.72 Å². The predicted molar refractivity (Wildman–Crippen MR) is 100 cm³/mol. The Morgan fingerprint density at radius 1 is 1.11 bits per heavy atom. The molecule has 0 unspecified atom stereocenters. The number of rotatable bonds is 4. The number of hydrogen-bond donors (Lipinski definition) is 2. The van der Waals surface area contributed by atoms with Gasteiger partial charge in [-0.1, -0.05) is 17.3 Å². The summed E-state index contributed by atoms with van der Waals surface area (Å²) in [6, 6.07) is 13.3. The lowest BCUT2D eigenvalue weighted by Crippen LogP contribution is -2.14. The summed E-state index contributed by atoms with van der Waals surface area (Å²) < 4.78 is 46.2. The molecule has 0 fully saturated rings. The van der Waals surface area contributed by atoms with Gasteiger partial charge in [0.15, 0.2) is 10.7 Å². The first kappa shape index (κ1) is 17.3. The molecule has 0 radical (unpaired) electrons. The van der Waals surface area contributed by atoms with E-state index in [2.05, 4.69) is 14.9 Å². The van der Waals surface area contributed by atoms with Crippen LogP contribution in [0.1, 0.15) is 11.5 Å². The highest BCUT2D eigenvalue weighted by molar-refractivity contribution is 7.92. The molecule has 4 aromatic rings. The van der Waals surface area contributed by atoms with Crippen LogP contribution < -0.4 is 4.72 Å². The molecule has 0 amide bonds. The Bertz CT molecular complexity index is 1240. The van der Waals surface area contributed by atoms with Crippen LogP contribution in [0.2, 0.25) is 0 Å². The van der Waals surface area contributed by atoms with Crippen molar-refractivity contribution in [3.8, 4) is 11.3 Å². The Morgan fingerprint density at radius 2 is 1.93 bits per heavy atom. The molecule has 0 atom stereocenters. The molecule has 27 heavy (non-hydrogen) atoms. The van der Waals surface area contributed by atoms with Gasteiger partial charge in [0, 0.05) is 27.8 Å². The zero-order valence-corrected chi connectivity index (χ0v) is 15.4. The average molecular weight is 385 g/mol. The normalized spacial score (nSPS) is 11.8. The number of nitrogens with one attached hydrogen (secondary N) is 2. The molecule has 6 nitrogen and oxygen atoms in total. The van der Waals surface area contributed by atoms with Crippen LogP contribution in [0, 0.1) is 19.7 Å². The van der Waals surface area contributed by atoms with E-state index < -0.39 is 10.0 Å². The summed E-state index contributed by atoms with van der Waals surface area (Å²) in [7, 11) is -3.83. The minimum atomic E-state index is -3.83. The molecule has 0 spiro atoms. The summed E-state index contributed by atoms with van der Waals surface area (Å²) in [5.41, 5.74) is 3.03. The van der Waals surface area contributed by atoms with Gasteiger partial charge >= 0.3 is 0 Å². The van der Waals surface area contributed by atoms with Crippen LogP contribution in [0.4, 0.5) is 10.1 Å². The van der Waals surface area contributed by atoms with Gasteiger partial charge in [-0.3, -0.25) is 4.72 Å². The van der Waals surface area contributed by atoms with Crippen LogP contribution in [0.3, 0.4) is 0 Å². The van der Waals surface area contributed by atoms with Crippen molar-refractivity contribution < 1.29 is 17.3 Å². The van der Waals surface area contributed by atoms with Crippen LogP contribution in [0.15, 0.2) is 57.9 Å². The van der Waals surface area contributed by atoms with Gasteiger partial charge in [-0.25, -0.2) is 12.8 Å². The molecule has 8 heteroatoms. The first-order valence-corrected chi connectivity index (χ1v) is 9.66. The van der Waals surface area contributed by atoms with Crippen LogP contribution in [-0.4, -0.2) is 18.6 Å². The van der Waals surface area contributed by atoms with E-state index in [0.717, 1.165) is 22.2 Å². The lowest BCUT2D eigenvalue weighted by Gasteiger charge is -2.09. The van der Waals surface area contributed by atoms with Crippen molar-refractivity contribution in [3.05, 3.63) is 65.8 Å². The maximum atomic E-state index is 13.4. The predicted octanol–water partition coefficient (Wildman–Crippen LogP) is 4.38. The molecule has 0 saturated carbocycles. The van der Waals surface area contributed by atoms with Crippen LogP contribution in [0.5, 0.6) is 0 Å². The van der Waals surface area contributed by atoms with Gasteiger partial charge in [0.1, 0.15) is 11.5 Å². The number of sulfonamides is 1. The van der Waals surface area contributed by atoms with Gasteiger partial charge < -0.3 is 9.51 Å². The van der Waals surface area contributed by atoms with Crippen molar-refractivity contribution in [2.45, 2.75) is 18.7 Å². The number of H-pyrrole nitrogens is 1. The number of aromatic nitrogens is 2. The molecule has 0 aliphatic rings. The molecule has 2 aromatic heterocycles. The number of hydrogen-bond acceptors (Lipinski definition) is 4. The second-order valence-corrected chi connectivity index (χ2v) is 7.87. The summed E-state index contributed by atoms with van der Waals surface area (Å²) in [6.07, 6.45) is 0. The largest absolute Gasteiger partial charge is 0.360 e. The van der Waals surface area contributed by atoms with Crippen LogP contribution in [-0.2, 0) is 10.0 Å². The highest BCUT2D eigenvalue weighted by Crippen LogP contribution is 2.28. The number of aromatic amines is 1. The quantitative estimate of drug-likeness (QED) is 0.546. The van der Waals surface area contributed by atoms with E-state index in [-0.39, 0.29) is 16.5 Å². The third kappa shape index (κ3) is 3.19. The van der Waals surface area contributed by atoms with Crippen molar-refractivity contribution in [2.24, 2.45) is 0 Å². The average Bonchev–Trinajstić information content (AvgIpc) is 3.17. The molecule has 0 aliphatic heterocycles. The zero-order valence-electron chi connectivity index (χ0n) is 14.6. The molecule has 2 aromatic carbocycles. The third-order valence-electron chi connectivity index (χ3n) is 4.25. The maximum absolute atomic E-state index is 13.4. The van der Waals surface area contributed by atoms with E-state index in [1.165, 1.54) is 12.1 Å². The van der Waals surface area contributed by atoms with Crippen LogP contribution >= 0.6 is 0 Å². The topological polar surface area (TPSA) is 88.0 Å². The van der Waals surface area contributed by atoms with Crippen LogP contribution in [0.25, 0.3) is 22.2 Å². The van der Waals surface area contributed by atoms with Gasteiger partial charge in [0.05, 0.1) is 0 Å². The van der Waals surface area contributed by atoms with E-state index in [1.54, 1.807) is 38.1 Å². The molecule has 4 rings (SSSR count). The number of anilines is 1. The first-order chi connectivity index (χ1) is 12.8. The minimum Gasteiger partial charge on any atom is -0.360 e. The molecule has 2 N–H and O–H groups in total. The molecule has 138 valence electrons. The molecular weight excluding hydrogens is 369 g/mol. The Kier molecular flexibility index (Phi) is 4.00. The van der Waals surface area contributed by atoms with Crippen molar-refractivity contribution >= 4 is 26.6 Å². The Labute approximate surface area is 155 Å². The molecular formula is C19H16FN3O3S. The number of nitrogens with zero attached hydrogens (tertiary/aromatic N) is 1. The van der Waals surface area contributed by atoms with Gasteiger partial charge in [-0.05, 0) is 50.2 Å². The van der Waals surface area contributed by atoms with E-state index in [9.17, 15) is 12.8 Å². The lowest BCUT2D eigenvalue weighted by molar-refractivity contribution is 0.390. The first-order valence-electron chi connectivity index (χ1n) is 8.18. The van der Waals surface area contributed by atoms with E-state index in [0.29, 0.717) is 11.4 Å². The highest BCUT2D eigenvalue weighted by atomic mass is 32.2. The summed E-state index contributed by atoms with van der Waals surface area (Å²) in [5, 5.41) is 4.43. The highest BCUT2D eigenvalue weighted by Gasteiger charge is 2.24. The van der Waals surface area contributed by atoms with Crippen molar-refractivity contribution in [1.29, 1.82) is 0 Å². The summed E-state index contributed by atoms with van der Waals surface area (Å²) in [4.78, 5) is 3.24. The van der Waals surface area contributed by atoms with Crippen molar-refractivity contribution in [1.82, 2.24) is 10.1 Å². The third-order valence-corrected chi connectivity index (χ3v) is 5.87. The van der Waals surface area contributed by atoms with E-state index in [4.69, 9.17) is 4.52 Å². The standard InChI is InChI=1S/C19H16FN3O3S/c1-11-19(12(2)26-22-11)27(24,25)23-16-5-3-4-13(9-16)18-10-14-8-15(20)6-7-17(14)21-18/h3-10,21,23H,1-2H3. The zero-order chi connectivity index (χ0) is 19.2. The molecule has 2 heterocycles. The van der Waals surface area contributed by atoms with Gasteiger partial charge in [-0.2, -0.15) is 0 Å². The molecule has 0 bridgehead atoms. The monoisotopic (exact) mass is 385 g/mol. The smallest absolute Gasteiger partial charge is 0.267 e. The van der Waals surface area contributed by atoms with E-state index >= 15 is 0 Å². The second kappa shape index (κ2) is 6.24. The molecule has 0 saturated heterocycles. The number of fused-ring (bicyclic) bond motifs is 1.